The molecular weight excluding hydrogens is 1980 g/mol. The topological polar surface area (TPSA) is 436 Å². The lowest BCUT2D eigenvalue weighted by Gasteiger charge is -2.32. The lowest BCUT2D eigenvalue weighted by atomic mass is 9.92. The van der Waals surface area contributed by atoms with Crippen molar-refractivity contribution in [1.29, 1.82) is 0 Å². The van der Waals surface area contributed by atoms with Crippen LogP contribution < -0.4 is 24.8 Å². The average Bonchev–Trinajstić information content (AvgIpc) is 1.61. The summed E-state index contributed by atoms with van der Waals surface area (Å²) in [6.45, 7) is 18.8. The molecule has 762 valence electrons. The standard InChI is InChI=1S/C32H36F3N5O8S.C26H25F3N4O7S.C21H18ClF3N2O5S.C6H12ClNO.C6H9NO2/c1-31(2)29(41)39(30(42)40(31)12-11-38-13-16-45-17-14-38)19-27-36-28(37-48-27)21-9-10-24(23(18-21)32(33,34)35)47-25-7-3-4-8-26(25)49(43,44)20-22-6-5-15-46-22;1-25(2)23(34)33(24(35)31-25)13-21-30-22(32-40-21)15-9-10-18(17(12-15)26(27,28)29)39-19-7-3-4-8-20(19)41(36,37)14-16-6-5-11-38-16;22-11-19-26-20(27-32-19)13-7-8-16(15(10-13)21(23,24)25)31-17-5-1-2-6-18(17)33(28,29)12-14-4-3-9-30-14;7-1-2-8-3-5-9-6-4-8;1-6(2)3-4(8)7-5(6)9/h3-4,7-10,18,22H,5-6,11-17,19-20H2,1-2H3;3-4,7-10,12,16H,5-6,11,13-14H2,1-2H3,(H,31,35);1-2,5-8,10,14H,3-4,9,11-12H2;1-6H2;3H2,1-2H3,(H,7,8,9). The number of nitrogens with one attached hydrogen (secondary N) is 2. The molecule has 8 fully saturated rings. The van der Waals surface area contributed by atoms with E-state index < -0.39 is 141 Å². The molecule has 6 aromatic carbocycles. The Balaban J connectivity index is 0.000000165. The Labute approximate surface area is 813 Å². The lowest BCUT2D eigenvalue weighted by Crippen LogP contribution is -2.48. The van der Waals surface area contributed by atoms with Gasteiger partial charge in [-0.3, -0.25) is 44.1 Å². The zero-order valence-electron chi connectivity index (χ0n) is 76.8. The van der Waals surface area contributed by atoms with Crippen LogP contribution in [0.4, 0.5) is 49.1 Å². The average molecular weight is 2080 g/mol. The molecule has 11 heterocycles. The first kappa shape index (κ1) is 107. The lowest BCUT2D eigenvalue weighted by molar-refractivity contribution is -0.139. The number of rotatable bonds is 28. The summed E-state index contributed by atoms with van der Waals surface area (Å²) in [5.74, 6) is -4.91. The molecule has 3 atom stereocenters. The minimum atomic E-state index is -4.91. The molecule has 3 aromatic heterocycles. The largest absolute Gasteiger partial charge is 0.455 e. The Morgan fingerprint density at radius 2 is 0.809 bits per heavy atom. The number of amides is 8. The molecule has 141 heavy (non-hydrogen) atoms. The van der Waals surface area contributed by atoms with Gasteiger partial charge >= 0.3 is 30.6 Å². The zero-order chi connectivity index (χ0) is 102. The predicted octanol–water partition coefficient (Wildman–Crippen LogP) is 14.6. The molecular formula is C91H100Cl2F9N13O23S3. The number of nitrogens with zero attached hydrogens (tertiary/aromatic N) is 11. The van der Waals surface area contributed by atoms with E-state index in [0.29, 0.717) is 71.8 Å². The van der Waals surface area contributed by atoms with E-state index in [9.17, 15) is 93.5 Å². The molecule has 8 amide bonds. The van der Waals surface area contributed by atoms with E-state index in [4.69, 9.17) is 74.7 Å². The smallest absolute Gasteiger partial charge is 0.420 e. The Morgan fingerprint density at radius 1 is 0.447 bits per heavy atom. The van der Waals surface area contributed by atoms with Crippen molar-refractivity contribution in [2.45, 2.75) is 168 Å². The normalized spacial score (nSPS) is 19.5. The Hall–Kier alpha value is -11.3. The zero-order valence-corrected chi connectivity index (χ0v) is 80.8. The van der Waals surface area contributed by atoms with E-state index in [1.54, 1.807) is 27.7 Å². The van der Waals surface area contributed by atoms with Gasteiger partial charge in [0.15, 0.2) is 29.5 Å². The molecule has 3 unspecified atom stereocenters. The van der Waals surface area contributed by atoms with E-state index in [1.165, 1.54) is 110 Å². The fourth-order valence-electron chi connectivity index (χ4n) is 15.8. The van der Waals surface area contributed by atoms with Gasteiger partial charge in [0.25, 0.3) is 11.8 Å². The molecule has 17 rings (SSSR count). The number of benzene rings is 6. The van der Waals surface area contributed by atoms with Crippen molar-refractivity contribution >= 4 is 88.4 Å². The first-order chi connectivity index (χ1) is 66.6. The number of ether oxygens (including phenoxy) is 8. The van der Waals surface area contributed by atoms with Gasteiger partial charge in [-0.25, -0.2) is 34.8 Å². The number of para-hydroxylation sites is 3. The number of halogens is 11. The minimum absolute atomic E-state index is 0.0362. The molecule has 8 aliphatic rings. The summed E-state index contributed by atoms with van der Waals surface area (Å²) in [7, 11) is -11.8. The van der Waals surface area contributed by atoms with Crippen LogP contribution in [0.3, 0.4) is 0 Å². The quantitative estimate of drug-likeness (QED) is 0.0199. The summed E-state index contributed by atoms with van der Waals surface area (Å²) in [6, 6.07) is 24.6. The Morgan fingerprint density at radius 3 is 1.12 bits per heavy atom. The van der Waals surface area contributed by atoms with Crippen LogP contribution in [0.25, 0.3) is 34.2 Å². The third-order valence-corrected chi connectivity index (χ3v) is 29.2. The van der Waals surface area contributed by atoms with E-state index in [-0.39, 0.29) is 132 Å². The maximum atomic E-state index is 14.3. The van der Waals surface area contributed by atoms with Crippen molar-refractivity contribution in [2.75, 3.05) is 115 Å². The number of morpholine rings is 2. The first-order valence-electron chi connectivity index (χ1n) is 44.4. The van der Waals surface area contributed by atoms with Crippen molar-refractivity contribution < 1.29 is 145 Å². The van der Waals surface area contributed by atoms with Crippen LogP contribution in [-0.2, 0) is 110 Å². The highest BCUT2D eigenvalue weighted by Gasteiger charge is 2.52. The molecule has 0 radical (unpaired) electrons. The van der Waals surface area contributed by atoms with Gasteiger partial charge in [-0.15, -0.1) is 23.2 Å². The molecule has 8 saturated heterocycles. The van der Waals surface area contributed by atoms with Crippen LogP contribution in [0.2, 0.25) is 0 Å². The van der Waals surface area contributed by atoms with Gasteiger partial charge in [0, 0.05) is 94.6 Å². The van der Waals surface area contributed by atoms with E-state index in [2.05, 4.69) is 50.9 Å². The SMILES string of the molecule is CC1(C)C(=O)N(Cc2nc(-c3ccc(Oc4ccccc4S(=O)(=O)CC4CCCO4)c(C(F)(F)F)c3)no2)C(=O)N1CCN1CCOCC1.CC1(C)CC(=O)NC1=O.CC1(C)NC(=O)N(Cc2nc(-c3ccc(Oc4ccccc4S(=O)(=O)CC4CCCO4)c(C(F)(F)F)c3)no2)C1=O.ClCCN1CCOCC1.O=S(=O)(CC1CCCO1)c1ccccc1Oc1ccc(-c2noc(CCl)n2)cc1C(F)(F)F. The van der Waals surface area contributed by atoms with E-state index in [1.807, 2.05) is 0 Å². The van der Waals surface area contributed by atoms with Crippen LogP contribution in [-0.4, -0.2) is 260 Å². The van der Waals surface area contributed by atoms with Crippen molar-refractivity contribution in [2.24, 2.45) is 5.41 Å². The number of urea groups is 2. The summed E-state index contributed by atoms with van der Waals surface area (Å²) in [6.07, 6.45) is -11.8. The van der Waals surface area contributed by atoms with Gasteiger partial charge in [0.1, 0.15) is 79.2 Å². The fraction of sp³-hybridized carbons (Fsp3) is 0.473. The van der Waals surface area contributed by atoms with Gasteiger partial charge in [0.2, 0.25) is 47.0 Å². The van der Waals surface area contributed by atoms with Crippen LogP contribution in [0, 0.1) is 5.41 Å². The van der Waals surface area contributed by atoms with Gasteiger partial charge in [-0.2, -0.15) is 54.5 Å². The number of hydrogen-bond acceptors (Lipinski definition) is 31. The molecule has 0 saturated carbocycles. The third kappa shape index (κ3) is 27.2. The number of alkyl halides is 11. The maximum Gasteiger partial charge on any atom is 0.420 e. The summed E-state index contributed by atoms with van der Waals surface area (Å²) in [5.41, 5.74) is -6.40. The molecule has 50 heteroatoms. The molecule has 0 aliphatic carbocycles. The van der Waals surface area contributed by atoms with Crippen molar-refractivity contribution in [3.63, 3.8) is 0 Å². The highest BCUT2D eigenvalue weighted by molar-refractivity contribution is 7.92. The fourth-order valence-corrected chi connectivity index (χ4v) is 21.0. The van der Waals surface area contributed by atoms with Crippen LogP contribution in [0.5, 0.6) is 34.5 Å². The summed E-state index contributed by atoms with van der Waals surface area (Å²) in [4.78, 5) is 91.6. The molecule has 0 bridgehead atoms. The van der Waals surface area contributed by atoms with Crippen LogP contribution in [0.1, 0.15) is 121 Å². The molecule has 0 spiro atoms. The first-order valence-corrected chi connectivity index (χ1v) is 50.4. The Kier molecular flexibility index (Phi) is 34.2. The minimum Gasteiger partial charge on any atom is -0.455 e. The highest BCUT2D eigenvalue weighted by atomic mass is 35.5. The van der Waals surface area contributed by atoms with Crippen LogP contribution in [0.15, 0.2) is 156 Å². The summed E-state index contributed by atoms with van der Waals surface area (Å²) in [5, 5.41) is 15.8. The second-order valence-corrected chi connectivity index (χ2v) is 41.7. The highest BCUT2D eigenvalue weighted by Crippen LogP contribution is 2.47. The molecule has 2 N–H and O–H groups in total. The van der Waals surface area contributed by atoms with E-state index in [0.717, 1.165) is 117 Å². The van der Waals surface area contributed by atoms with E-state index >= 15 is 0 Å². The number of imide groups is 3. The molecule has 9 aromatic rings. The number of carbonyl (C=O) groups is 6. The Bertz CT molecular complexity index is 6340. The molecule has 36 nitrogen and oxygen atoms in total. The van der Waals surface area contributed by atoms with Gasteiger partial charge in [-0.1, -0.05) is 65.7 Å². The number of carbonyl (C=O) groups excluding carboxylic acids is 6. The second kappa shape index (κ2) is 45.1. The number of sulfone groups is 3. The summed E-state index contributed by atoms with van der Waals surface area (Å²) >= 11 is 11.2. The van der Waals surface area contributed by atoms with Crippen molar-refractivity contribution in [3.05, 3.63) is 162 Å². The van der Waals surface area contributed by atoms with Gasteiger partial charge in [-0.05, 0) is 157 Å². The number of aromatic nitrogens is 6. The second-order valence-electron chi connectivity index (χ2n) is 35.1. The summed E-state index contributed by atoms with van der Waals surface area (Å²) < 4.78 is 264. The van der Waals surface area contributed by atoms with Crippen molar-refractivity contribution in [3.8, 4) is 68.7 Å². The van der Waals surface area contributed by atoms with Gasteiger partial charge in [0.05, 0.1) is 84.1 Å². The number of hydrogen-bond donors (Lipinski definition) is 2. The molecule has 8 aliphatic heterocycles. The van der Waals surface area contributed by atoms with Crippen LogP contribution >= 0.6 is 23.2 Å². The monoisotopic (exact) mass is 2080 g/mol. The maximum absolute atomic E-state index is 14.3. The van der Waals surface area contributed by atoms with Crippen molar-refractivity contribution in [1.82, 2.24) is 65.6 Å². The third-order valence-electron chi connectivity index (χ3n) is 23.3. The van der Waals surface area contributed by atoms with Gasteiger partial charge < -0.3 is 61.7 Å². The predicted molar refractivity (Wildman–Crippen MR) is 483 cm³/mol.